The third kappa shape index (κ3) is 5.93. The molecule has 0 fully saturated rings. The predicted octanol–water partition coefficient (Wildman–Crippen LogP) is 16.8. The van der Waals surface area contributed by atoms with E-state index in [0.717, 1.165) is 17.1 Å². The van der Waals surface area contributed by atoms with Crippen LogP contribution in [0.2, 0.25) is 0 Å². The van der Waals surface area contributed by atoms with Crippen LogP contribution in [-0.4, -0.2) is 0 Å². The number of nitrogens with zero attached hydrogens (tertiary/aromatic N) is 1. The highest BCUT2D eigenvalue weighted by Crippen LogP contribution is 2.60. The van der Waals surface area contributed by atoms with E-state index in [1.54, 1.807) is 0 Å². The van der Waals surface area contributed by atoms with Crippen molar-refractivity contribution >= 4 is 38.6 Å². The Morgan fingerprint density at radius 3 is 1.41 bits per heavy atom. The summed E-state index contributed by atoms with van der Waals surface area (Å²) in [6.45, 7) is 0. The number of benzene rings is 11. The summed E-state index contributed by atoms with van der Waals surface area (Å²) < 4.78 is 0. The van der Waals surface area contributed by atoms with Crippen LogP contribution in [0.1, 0.15) is 22.3 Å². The van der Waals surface area contributed by atoms with Crippen molar-refractivity contribution in [3.63, 3.8) is 0 Å². The number of anilines is 3. The molecule has 0 aliphatic heterocycles. The summed E-state index contributed by atoms with van der Waals surface area (Å²) in [5.41, 5.74) is 17.6. The molecule has 0 amide bonds. The first kappa shape index (κ1) is 37.5. The zero-order chi connectivity index (χ0) is 42.5. The van der Waals surface area contributed by atoms with Crippen LogP contribution in [0.5, 0.6) is 0 Å². The van der Waals surface area contributed by atoms with Crippen LogP contribution in [0.3, 0.4) is 0 Å². The number of rotatable bonds is 8. The molecular formula is C63H43N. The zero-order valence-electron chi connectivity index (χ0n) is 35.3. The minimum Gasteiger partial charge on any atom is -0.309 e. The molecule has 300 valence electrons. The van der Waals surface area contributed by atoms with E-state index in [9.17, 15) is 0 Å². The topological polar surface area (TPSA) is 3.24 Å². The lowest BCUT2D eigenvalue weighted by Crippen LogP contribution is -2.28. The van der Waals surface area contributed by atoms with E-state index in [2.05, 4.69) is 266 Å². The molecule has 0 N–H and O–H groups in total. The summed E-state index contributed by atoms with van der Waals surface area (Å²) in [6.07, 6.45) is 0. The van der Waals surface area contributed by atoms with E-state index < -0.39 is 5.41 Å². The lowest BCUT2D eigenvalue weighted by atomic mass is 9.68. The second kappa shape index (κ2) is 15.6. The van der Waals surface area contributed by atoms with Gasteiger partial charge in [0.05, 0.1) is 16.8 Å². The fourth-order valence-electron chi connectivity index (χ4n) is 10.6. The molecule has 0 radical (unpaired) electrons. The van der Waals surface area contributed by atoms with Crippen LogP contribution in [0.25, 0.3) is 66.1 Å². The Morgan fingerprint density at radius 2 is 0.734 bits per heavy atom. The average Bonchev–Trinajstić information content (AvgIpc) is 3.69. The Morgan fingerprint density at radius 1 is 0.281 bits per heavy atom. The van der Waals surface area contributed by atoms with Gasteiger partial charge in [0, 0.05) is 22.2 Å². The molecule has 0 saturated heterocycles. The van der Waals surface area contributed by atoms with Crippen LogP contribution >= 0.6 is 0 Å². The molecule has 0 bridgehead atoms. The number of para-hydroxylation sites is 1. The first-order valence-corrected chi connectivity index (χ1v) is 22.2. The second-order valence-corrected chi connectivity index (χ2v) is 16.7. The zero-order valence-corrected chi connectivity index (χ0v) is 35.3. The minimum absolute atomic E-state index is 0.536. The van der Waals surface area contributed by atoms with Gasteiger partial charge >= 0.3 is 0 Å². The number of hydrogen-bond donors (Lipinski definition) is 0. The number of hydrogen-bond acceptors (Lipinski definition) is 1. The van der Waals surface area contributed by atoms with Crippen LogP contribution in [0.15, 0.2) is 261 Å². The highest BCUT2D eigenvalue weighted by molar-refractivity contribution is 6.23. The van der Waals surface area contributed by atoms with Gasteiger partial charge in [-0.1, -0.05) is 237 Å². The van der Waals surface area contributed by atoms with E-state index >= 15 is 0 Å². The Bertz CT molecular complexity index is 3430. The fraction of sp³-hybridized carbons (Fsp3) is 0.0159. The lowest BCUT2D eigenvalue weighted by Gasteiger charge is -2.35. The van der Waals surface area contributed by atoms with E-state index in [-0.39, 0.29) is 0 Å². The monoisotopic (exact) mass is 813 g/mol. The van der Waals surface area contributed by atoms with Gasteiger partial charge in [0.1, 0.15) is 0 Å². The molecule has 12 rings (SSSR count). The first-order chi connectivity index (χ1) is 31.8. The van der Waals surface area contributed by atoms with Gasteiger partial charge in [-0.15, -0.1) is 0 Å². The third-order valence-electron chi connectivity index (χ3n) is 13.3. The highest BCUT2D eigenvalue weighted by Gasteiger charge is 2.47. The summed E-state index contributed by atoms with van der Waals surface area (Å²) in [6, 6.07) is 95.9. The SMILES string of the molecule is c1ccc(-c2ccc(-c3cccc(-c4c(N(c5ccccc5)c5cccc6c5-c5ccccc5C6(c5ccccc5)c5ccccc5)c5ccccc5c5ccccc45)c3)cc2)cc1. The molecule has 1 nitrogen and oxygen atoms in total. The van der Waals surface area contributed by atoms with Gasteiger partial charge in [0.15, 0.2) is 0 Å². The van der Waals surface area contributed by atoms with Crippen LogP contribution in [-0.2, 0) is 5.41 Å². The normalized spacial score (nSPS) is 12.5. The lowest BCUT2D eigenvalue weighted by molar-refractivity contribution is 0.768. The van der Waals surface area contributed by atoms with Crippen molar-refractivity contribution in [3.8, 4) is 44.5 Å². The molecule has 11 aromatic rings. The number of fused-ring (bicyclic) bond motifs is 6. The van der Waals surface area contributed by atoms with Gasteiger partial charge in [-0.05, 0) is 96.1 Å². The van der Waals surface area contributed by atoms with Crippen molar-refractivity contribution in [2.75, 3.05) is 4.90 Å². The summed E-state index contributed by atoms with van der Waals surface area (Å²) in [4.78, 5) is 2.56. The van der Waals surface area contributed by atoms with Crippen LogP contribution in [0.4, 0.5) is 17.1 Å². The van der Waals surface area contributed by atoms with Crippen molar-refractivity contribution in [1.29, 1.82) is 0 Å². The molecule has 11 aromatic carbocycles. The smallest absolute Gasteiger partial charge is 0.0714 e. The van der Waals surface area contributed by atoms with Crippen molar-refractivity contribution in [1.82, 2.24) is 0 Å². The molecule has 0 heterocycles. The molecule has 64 heavy (non-hydrogen) atoms. The molecule has 1 aliphatic carbocycles. The molecule has 0 unspecified atom stereocenters. The molecule has 1 aliphatic rings. The average molecular weight is 814 g/mol. The molecule has 0 atom stereocenters. The molecule has 0 saturated carbocycles. The second-order valence-electron chi connectivity index (χ2n) is 16.7. The van der Waals surface area contributed by atoms with Gasteiger partial charge in [-0.2, -0.15) is 0 Å². The summed E-state index contributed by atoms with van der Waals surface area (Å²) in [5.74, 6) is 0. The predicted molar refractivity (Wildman–Crippen MR) is 270 cm³/mol. The quantitative estimate of drug-likeness (QED) is 0.138. The third-order valence-corrected chi connectivity index (χ3v) is 13.3. The summed E-state index contributed by atoms with van der Waals surface area (Å²) >= 11 is 0. The maximum atomic E-state index is 2.56. The van der Waals surface area contributed by atoms with Crippen LogP contribution < -0.4 is 4.90 Å². The molecule has 1 heteroatoms. The summed E-state index contributed by atoms with van der Waals surface area (Å²) in [5, 5.41) is 4.86. The van der Waals surface area contributed by atoms with E-state index in [0.29, 0.717) is 0 Å². The molecule has 0 spiro atoms. The molecular weight excluding hydrogens is 771 g/mol. The fourth-order valence-corrected chi connectivity index (χ4v) is 10.6. The molecule has 0 aromatic heterocycles. The van der Waals surface area contributed by atoms with Crippen LogP contribution in [0, 0.1) is 0 Å². The van der Waals surface area contributed by atoms with Crippen molar-refractivity contribution in [3.05, 3.63) is 283 Å². The van der Waals surface area contributed by atoms with E-state index in [4.69, 9.17) is 0 Å². The Labute approximate surface area is 374 Å². The van der Waals surface area contributed by atoms with Gasteiger partial charge < -0.3 is 4.90 Å². The van der Waals surface area contributed by atoms with Gasteiger partial charge in [0.2, 0.25) is 0 Å². The van der Waals surface area contributed by atoms with E-state index in [1.807, 2.05) is 0 Å². The van der Waals surface area contributed by atoms with Gasteiger partial charge in [-0.3, -0.25) is 0 Å². The standard InChI is InChI=1S/C63H43N/c1-5-21-44(22-6-1)45-39-41-46(42-40-45)47-23-19-24-48(43-47)60-54-33-15-13-31-52(54)53-32-14-16-34-55(53)62(60)64(51-29-11-4-12-30-51)59-38-20-37-58-61(59)56-35-17-18-36-57(56)63(58,49-25-7-2-8-26-49)50-27-9-3-10-28-50/h1-43H. The van der Waals surface area contributed by atoms with Gasteiger partial charge in [0.25, 0.3) is 0 Å². The Hall–Kier alpha value is -8.26. The van der Waals surface area contributed by atoms with Gasteiger partial charge in [-0.25, -0.2) is 0 Å². The Balaban J connectivity index is 1.16. The highest BCUT2D eigenvalue weighted by atomic mass is 15.2. The largest absolute Gasteiger partial charge is 0.309 e. The first-order valence-electron chi connectivity index (χ1n) is 22.2. The summed E-state index contributed by atoms with van der Waals surface area (Å²) in [7, 11) is 0. The maximum Gasteiger partial charge on any atom is 0.0714 e. The van der Waals surface area contributed by atoms with Crippen molar-refractivity contribution < 1.29 is 0 Å². The van der Waals surface area contributed by atoms with E-state index in [1.165, 1.54) is 88.3 Å². The van der Waals surface area contributed by atoms with Crippen molar-refractivity contribution in [2.45, 2.75) is 5.41 Å². The maximum absolute atomic E-state index is 2.56. The minimum atomic E-state index is -0.536. The van der Waals surface area contributed by atoms with Crippen molar-refractivity contribution in [2.24, 2.45) is 0 Å². The Kier molecular flexibility index (Phi) is 9.13.